The first-order valence-corrected chi connectivity index (χ1v) is 18.1. The molecule has 2 nitrogen and oxygen atoms in total. The summed E-state index contributed by atoms with van der Waals surface area (Å²) in [4.78, 5) is 0. The second-order valence-corrected chi connectivity index (χ2v) is 12.1. The Morgan fingerprint density at radius 2 is 0.395 bits per heavy atom. The summed E-state index contributed by atoms with van der Waals surface area (Å²) >= 11 is 0. The van der Waals surface area contributed by atoms with Crippen LogP contribution < -0.4 is 0 Å². The zero-order valence-corrected chi connectivity index (χ0v) is 26.9. The Morgan fingerprint density at radius 3 is 0.605 bits per heavy atom. The molecule has 2 heteroatoms. The van der Waals surface area contributed by atoms with E-state index in [0.29, 0.717) is 0 Å². The van der Waals surface area contributed by atoms with Crippen LogP contribution in [0.2, 0.25) is 0 Å². The zero-order valence-electron chi connectivity index (χ0n) is 26.9. The molecule has 0 saturated heterocycles. The highest BCUT2D eigenvalue weighted by Gasteiger charge is 1.97. The Hall–Kier alpha value is -0.0800. The predicted molar refractivity (Wildman–Crippen MR) is 171 cm³/mol. The maximum absolute atomic E-state index is 5.75. The molecule has 0 aliphatic carbocycles. The van der Waals surface area contributed by atoms with Gasteiger partial charge >= 0.3 is 0 Å². The summed E-state index contributed by atoms with van der Waals surface area (Å²) in [7, 11) is 0. The van der Waals surface area contributed by atoms with E-state index in [4.69, 9.17) is 9.47 Å². The Morgan fingerprint density at radius 1 is 0.211 bits per heavy atom. The molecule has 0 aromatic rings. The van der Waals surface area contributed by atoms with Crippen molar-refractivity contribution in [3.05, 3.63) is 0 Å². The highest BCUT2D eigenvalue weighted by atomic mass is 16.5. The predicted octanol–water partition coefficient (Wildman–Crippen LogP) is 12.8. The van der Waals surface area contributed by atoms with Crippen molar-refractivity contribution in [3.63, 3.8) is 0 Å². The largest absolute Gasteiger partial charge is 0.379 e. The molecule has 0 spiro atoms. The first-order chi connectivity index (χ1) is 18.9. The van der Waals surface area contributed by atoms with E-state index >= 15 is 0 Å². The van der Waals surface area contributed by atoms with Crippen molar-refractivity contribution in [1.29, 1.82) is 0 Å². The number of rotatable bonds is 35. The van der Waals surface area contributed by atoms with Gasteiger partial charge in [0.25, 0.3) is 0 Å². The van der Waals surface area contributed by atoms with Crippen molar-refractivity contribution >= 4 is 0 Å². The quantitative estimate of drug-likeness (QED) is 0.0747. The van der Waals surface area contributed by atoms with Crippen molar-refractivity contribution in [1.82, 2.24) is 0 Å². The van der Waals surface area contributed by atoms with E-state index in [1.807, 2.05) is 0 Å². The summed E-state index contributed by atoms with van der Waals surface area (Å²) in [6, 6.07) is 0. The Balaban J connectivity index is 3.01. The molecule has 0 fully saturated rings. The molecule has 0 radical (unpaired) electrons. The zero-order chi connectivity index (χ0) is 27.5. The van der Waals surface area contributed by atoms with E-state index in [0.717, 1.165) is 26.4 Å². The van der Waals surface area contributed by atoms with Crippen LogP contribution in [0.4, 0.5) is 0 Å². The monoisotopic (exact) mass is 539 g/mol. The topological polar surface area (TPSA) is 18.5 Å². The Labute approximate surface area is 242 Å². The van der Waals surface area contributed by atoms with Gasteiger partial charge < -0.3 is 9.47 Å². The molecule has 0 amide bonds. The van der Waals surface area contributed by atoms with Crippen LogP contribution in [0.25, 0.3) is 0 Å². The van der Waals surface area contributed by atoms with Crippen molar-refractivity contribution < 1.29 is 9.47 Å². The molecule has 0 N–H and O–H groups in total. The number of ether oxygens (including phenoxy) is 2. The van der Waals surface area contributed by atoms with Crippen molar-refractivity contribution in [2.24, 2.45) is 0 Å². The lowest BCUT2D eigenvalue weighted by Crippen LogP contribution is -2.06. The molecule has 0 heterocycles. The summed E-state index contributed by atoms with van der Waals surface area (Å²) < 4.78 is 11.5. The number of unbranched alkanes of at least 4 members (excludes halogenated alkanes) is 28. The third kappa shape index (κ3) is 35.9. The van der Waals surface area contributed by atoms with Crippen molar-refractivity contribution in [3.8, 4) is 0 Å². The van der Waals surface area contributed by atoms with E-state index < -0.39 is 0 Å². The van der Waals surface area contributed by atoms with Crippen molar-refractivity contribution in [2.45, 2.75) is 206 Å². The van der Waals surface area contributed by atoms with Gasteiger partial charge in [-0.25, -0.2) is 0 Å². The van der Waals surface area contributed by atoms with Crippen LogP contribution in [0.15, 0.2) is 0 Å². The van der Waals surface area contributed by atoms with Gasteiger partial charge in [-0.3, -0.25) is 0 Å². The minimum atomic E-state index is 0.775. The van der Waals surface area contributed by atoms with Crippen LogP contribution in [0.3, 0.4) is 0 Å². The molecule has 0 aliphatic rings. The van der Waals surface area contributed by atoms with Crippen LogP contribution in [-0.4, -0.2) is 26.4 Å². The molecule has 0 aromatic heterocycles. The number of hydrogen-bond acceptors (Lipinski definition) is 2. The second-order valence-electron chi connectivity index (χ2n) is 12.1. The number of hydrogen-bond donors (Lipinski definition) is 0. The van der Waals surface area contributed by atoms with Crippen molar-refractivity contribution in [2.75, 3.05) is 26.4 Å². The fourth-order valence-electron chi connectivity index (χ4n) is 5.47. The Kier molecular flexibility index (Phi) is 36.8. The molecular weight excluding hydrogens is 464 g/mol. The van der Waals surface area contributed by atoms with Crippen LogP contribution in [0, 0.1) is 0 Å². The maximum atomic E-state index is 5.75. The molecular formula is C36H74O2. The summed E-state index contributed by atoms with van der Waals surface area (Å²) in [6.45, 7) is 7.98. The van der Waals surface area contributed by atoms with Gasteiger partial charge in [-0.05, 0) is 12.8 Å². The molecule has 0 saturated carbocycles. The lowest BCUT2D eigenvalue weighted by Gasteiger charge is -2.06. The smallest absolute Gasteiger partial charge is 0.0700 e. The fourth-order valence-corrected chi connectivity index (χ4v) is 5.47. The molecule has 0 unspecified atom stereocenters. The summed E-state index contributed by atoms with van der Waals surface area (Å²) in [5.74, 6) is 0. The molecule has 0 aliphatic heterocycles. The molecule has 0 rings (SSSR count). The second kappa shape index (κ2) is 36.9. The van der Waals surface area contributed by atoms with Crippen LogP contribution in [0.1, 0.15) is 206 Å². The van der Waals surface area contributed by atoms with Gasteiger partial charge in [-0.2, -0.15) is 0 Å². The van der Waals surface area contributed by atoms with Crippen LogP contribution >= 0.6 is 0 Å². The molecule has 0 atom stereocenters. The molecule has 230 valence electrons. The SMILES string of the molecule is CCCCCCCCCCCCCCCCCCOCCOCCCCCCCCCCCCCCCC. The lowest BCUT2D eigenvalue weighted by molar-refractivity contribution is 0.0448. The minimum absolute atomic E-state index is 0.775. The summed E-state index contributed by atoms with van der Waals surface area (Å²) in [5.41, 5.74) is 0. The molecule has 38 heavy (non-hydrogen) atoms. The normalized spacial score (nSPS) is 11.5. The van der Waals surface area contributed by atoms with Crippen LogP contribution in [0.5, 0.6) is 0 Å². The van der Waals surface area contributed by atoms with E-state index in [2.05, 4.69) is 13.8 Å². The van der Waals surface area contributed by atoms with Gasteiger partial charge in [0.15, 0.2) is 0 Å². The lowest BCUT2D eigenvalue weighted by atomic mass is 10.0. The van der Waals surface area contributed by atoms with Gasteiger partial charge in [0.2, 0.25) is 0 Å². The first-order valence-electron chi connectivity index (χ1n) is 18.1. The average molecular weight is 539 g/mol. The Bertz CT molecular complexity index is 348. The third-order valence-corrected chi connectivity index (χ3v) is 8.16. The van der Waals surface area contributed by atoms with E-state index in [1.165, 1.54) is 193 Å². The first kappa shape index (κ1) is 37.9. The van der Waals surface area contributed by atoms with Gasteiger partial charge in [0.05, 0.1) is 13.2 Å². The minimum Gasteiger partial charge on any atom is -0.379 e. The summed E-state index contributed by atoms with van der Waals surface area (Å²) in [6.07, 6.45) is 42.5. The molecule has 0 bridgehead atoms. The van der Waals surface area contributed by atoms with E-state index in [9.17, 15) is 0 Å². The van der Waals surface area contributed by atoms with Gasteiger partial charge in [0.1, 0.15) is 0 Å². The highest BCUT2D eigenvalue weighted by molar-refractivity contribution is 4.51. The van der Waals surface area contributed by atoms with E-state index in [-0.39, 0.29) is 0 Å². The van der Waals surface area contributed by atoms with Crippen LogP contribution in [-0.2, 0) is 9.47 Å². The summed E-state index contributed by atoms with van der Waals surface area (Å²) in [5, 5.41) is 0. The average Bonchev–Trinajstić information content (AvgIpc) is 2.93. The maximum Gasteiger partial charge on any atom is 0.0700 e. The third-order valence-electron chi connectivity index (χ3n) is 8.16. The molecule has 0 aromatic carbocycles. The highest BCUT2D eigenvalue weighted by Crippen LogP contribution is 2.14. The van der Waals surface area contributed by atoms with Gasteiger partial charge in [-0.15, -0.1) is 0 Å². The van der Waals surface area contributed by atoms with Gasteiger partial charge in [0, 0.05) is 13.2 Å². The standard InChI is InChI=1S/C36H74O2/c1-3-5-7-9-11-13-15-17-19-20-22-24-26-28-30-32-34-38-36-35-37-33-31-29-27-25-23-21-18-16-14-12-10-8-6-4-2/h3-36H2,1-2H3. The van der Waals surface area contributed by atoms with E-state index in [1.54, 1.807) is 0 Å². The van der Waals surface area contributed by atoms with Gasteiger partial charge in [-0.1, -0.05) is 194 Å². The fraction of sp³-hybridized carbons (Fsp3) is 1.00.